The standard InChI is InChI=1S/C27H32N2O5/c1-7-33-20-10-9-18(15-22(20)32-6)24-23-25(30)19-13-16(2)17(3)14-21(19)34-26(23)27(31)29(24)12-8-11-28(4)5/h9-10,13-15,24H,7-8,11-12H2,1-6H3/t24-/m1/s1. The van der Waals surface area contributed by atoms with Gasteiger partial charge in [-0.3, -0.25) is 9.59 Å². The predicted molar refractivity (Wildman–Crippen MR) is 132 cm³/mol. The molecular weight excluding hydrogens is 432 g/mol. The van der Waals surface area contributed by atoms with Gasteiger partial charge in [-0.05, 0) is 88.8 Å². The van der Waals surface area contributed by atoms with Gasteiger partial charge < -0.3 is 23.7 Å². The smallest absolute Gasteiger partial charge is 0.290 e. The van der Waals surface area contributed by atoms with Crippen molar-refractivity contribution in [3.05, 3.63) is 68.6 Å². The minimum absolute atomic E-state index is 0.128. The van der Waals surface area contributed by atoms with E-state index in [2.05, 4.69) is 4.90 Å². The summed E-state index contributed by atoms with van der Waals surface area (Å²) < 4.78 is 17.3. The van der Waals surface area contributed by atoms with Gasteiger partial charge in [-0.1, -0.05) is 6.07 Å². The van der Waals surface area contributed by atoms with E-state index in [4.69, 9.17) is 13.9 Å². The molecule has 1 atom stereocenters. The van der Waals surface area contributed by atoms with Crippen molar-refractivity contribution < 1.29 is 18.7 Å². The molecule has 0 unspecified atom stereocenters. The van der Waals surface area contributed by atoms with E-state index in [-0.39, 0.29) is 17.1 Å². The highest BCUT2D eigenvalue weighted by atomic mass is 16.5. The highest BCUT2D eigenvalue weighted by molar-refractivity contribution is 5.99. The fourth-order valence-corrected chi connectivity index (χ4v) is 4.54. The zero-order valence-electron chi connectivity index (χ0n) is 20.7. The number of hydrogen-bond donors (Lipinski definition) is 0. The summed E-state index contributed by atoms with van der Waals surface area (Å²) in [5.41, 5.74) is 3.46. The molecule has 0 bridgehead atoms. The Morgan fingerprint density at radius 3 is 2.47 bits per heavy atom. The maximum Gasteiger partial charge on any atom is 0.290 e. The highest BCUT2D eigenvalue weighted by Gasteiger charge is 2.42. The van der Waals surface area contributed by atoms with Crippen molar-refractivity contribution in [1.82, 2.24) is 9.80 Å². The molecule has 4 rings (SSSR count). The molecule has 0 fully saturated rings. The maximum absolute atomic E-state index is 13.8. The van der Waals surface area contributed by atoms with E-state index in [0.717, 1.165) is 29.7 Å². The Kier molecular flexibility index (Phi) is 6.66. The normalized spacial score (nSPS) is 15.3. The van der Waals surface area contributed by atoms with Crippen LogP contribution < -0.4 is 14.9 Å². The third-order valence-corrected chi connectivity index (χ3v) is 6.39. The van der Waals surface area contributed by atoms with E-state index in [0.29, 0.717) is 41.2 Å². The minimum atomic E-state index is -0.559. The van der Waals surface area contributed by atoms with Gasteiger partial charge in [-0.2, -0.15) is 0 Å². The molecule has 3 aromatic rings. The van der Waals surface area contributed by atoms with Crippen LogP contribution in [0.15, 0.2) is 39.5 Å². The molecule has 2 aromatic carbocycles. The number of methoxy groups -OCH3 is 1. The average Bonchev–Trinajstić information content (AvgIpc) is 3.07. The first-order valence-corrected chi connectivity index (χ1v) is 11.6. The number of carbonyl (C=O) groups excluding carboxylic acids is 1. The van der Waals surface area contributed by atoms with Crippen LogP contribution in [0.1, 0.15) is 52.2 Å². The average molecular weight is 465 g/mol. The third-order valence-electron chi connectivity index (χ3n) is 6.39. The number of amides is 1. The molecule has 0 N–H and O–H groups in total. The summed E-state index contributed by atoms with van der Waals surface area (Å²) in [5, 5.41) is 0.493. The van der Waals surface area contributed by atoms with Gasteiger partial charge in [0, 0.05) is 6.54 Å². The van der Waals surface area contributed by atoms with Crippen molar-refractivity contribution in [3.8, 4) is 11.5 Å². The van der Waals surface area contributed by atoms with Crippen molar-refractivity contribution in [2.75, 3.05) is 40.9 Å². The second-order valence-electron chi connectivity index (χ2n) is 9.01. The van der Waals surface area contributed by atoms with Gasteiger partial charge >= 0.3 is 0 Å². The van der Waals surface area contributed by atoms with Crippen LogP contribution in [-0.2, 0) is 0 Å². The van der Waals surface area contributed by atoms with Gasteiger partial charge in [0.2, 0.25) is 5.76 Å². The van der Waals surface area contributed by atoms with Crippen LogP contribution in [-0.4, -0.2) is 56.6 Å². The second kappa shape index (κ2) is 9.50. The van der Waals surface area contributed by atoms with Crippen LogP contribution in [0.4, 0.5) is 0 Å². The minimum Gasteiger partial charge on any atom is -0.493 e. The Labute approximate surface area is 199 Å². The fourth-order valence-electron chi connectivity index (χ4n) is 4.54. The number of fused-ring (bicyclic) bond motifs is 2. The van der Waals surface area contributed by atoms with Gasteiger partial charge in [0.25, 0.3) is 5.91 Å². The van der Waals surface area contributed by atoms with Gasteiger partial charge in [0.05, 0.1) is 30.7 Å². The summed E-state index contributed by atoms with van der Waals surface area (Å²) in [7, 11) is 5.58. The first-order valence-electron chi connectivity index (χ1n) is 11.6. The third kappa shape index (κ3) is 4.16. The maximum atomic E-state index is 13.8. The first kappa shape index (κ1) is 23.8. The molecule has 34 heavy (non-hydrogen) atoms. The van der Waals surface area contributed by atoms with Crippen molar-refractivity contribution in [3.63, 3.8) is 0 Å². The lowest BCUT2D eigenvalue weighted by Gasteiger charge is -2.26. The van der Waals surface area contributed by atoms with E-state index in [1.807, 2.05) is 65.2 Å². The lowest BCUT2D eigenvalue weighted by molar-refractivity contribution is 0.0722. The summed E-state index contributed by atoms with van der Waals surface area (Å²) >= 11 is 0. The lowest BCUT2D eigenvalue weighted by atomic mass is 9.97. The fraction of sp³-hybridized carbons (Fsp3) is 0.407. The van der Waals surface area contributed by atoms with Crippen LogP contribution >= 0.6 is 0 Å². The summed E-state index contributed by atoms with van der Waals surface area (Å²) in [6.07, 6.45) is 0.767. The molecule has 0 radical (unpaired) electrons. The molecule has 1 amide bonds. The van der Waals surface area contributed by atoms with Crippen molar-refractivity contribution in [2.24, 2.45) is 0 Å². The first-order chi connectivity index (χ1) is 16.3. The van der Waals surface area contributed by atoms with Gasteiger partial charge in [0.1, 0.15) is 5.58 Å². The van der Waals surface area contributed by atoms with E-state index >= 15 is 0 Å². The van der Waals surface area contributed by atoms with E-state index < -0.39 is 6.04 Å². The quantitative estimate of drug-likeness (QED) is 0.495. The van der Waals surface area contributed by atoms with E-state index in [1.165, 1.54) is 0 Å². The molecule has 0 saturated heterocycles. The van der Waals surface area contributed by atoms with Gasteiger partial charge in [-0.15, -0.1) is 0 Å². The molecule has 0 aliphatic carbocycles. The molecule has 1 aliphatic rings. The molecule has 1 aliphatic heterocycles. The van der Waals surface area contributed by atoms with Crippen LogP contribution in [0, 0.1) is 13.8 Å². The topological polar surface area (TPSA) is 72.2 Å². The number of ether oxygens (including phenoxy) is 2. The van der Waals surface area contributed by atoms with Crippen LogP contribution in [0.5, 0.6) is 11.5 Å². The largest absolute Gasteiger partial charge is 0.493 e. The zero-order chi connectivity index (χ0) is 24.6. The number of benzene rings is 2. The Bertz CT molecular complexity index is 1290. The lowest BCUT2D eigenvalue weighted by Crippen LogP contribution is -2.32. The Balaban J connectivity index is 1.90. The summed E-state index contributed by atoms with van der Waals surface area (Å²) in [5.74, 6) is 1.05. The molecule has 2 heterocycles. The number of carbonyl (C=O) groups is 1. The Morgan fingerprint density at radius 2 is 1.79 bits per heavy atom. The van der Waals surface area contributed by atoms with Gasteiger partial charge in [0.15, 0.2) is 16.9 Å². The van der Waals surface area contributed by atoms with E-state index in [9.17, 15) is 9.59 Å². The van der Waals surface area contributed by atoms with Gasteiger partial charge in [-0.25, -0.2) is 0 Å². The van der Waals surface area contributed by atoms with E-state index in [1.54, 1.807) is 12.0 Å². The summed E-state index contributed by atoms with van der Waals surface area (Å²) in [6.45, 7) is 7.66. The summed E-state index contributed by atoms with van der Waals surface area (Å²) in [6, 6.07) is 8.70. The Hall–Kier alpha value is -3.32. The molecule has 0 spiro atoms. The predicted octanol–water partition coefficient (Wildman–Crippen LogP) is 4.31. The number of hydrogen-bond acceptors (Lipinski definition) is 6. The van der Waals surface area contributed by atoms with Crippen LogP contribution in [0.3, 0.4) is 0 Å². The molecule has 1 aromatic heterocycles. The molecule has 7 heteroatoms. The molecule has 0 saturated carbocycles. The monoisotopic (exact) mass is 464 g/mol. The van der Waals surface area contributed by atoms with Crippen molar-refractivity contribution in [1.29, 1.82) is 0 Å². The number of nitrogens with zero attached hydrogens (tertiary/aromatic N) is 2. The Morgan fingerprint density at radius 1 is 1.06 bits per heavy atom. The van der Waals surface area contributed by atoms with Crippen molar-refractivity contribution >= 4 is 16.9 Å². The van der Waals surface area contributed by atoms with Crippen molar-refractivity contribution in [2.45, 2.75) is 33.2 Å². The highest BCUT2D eigenvalue weighted by Crippen LogP contribution is 2.41. The van der Waals surface area contributed by atoms with Crippen LogP contribution in [0.25, 0.3) is 11.0 Å². The number of aryl methyl sites for hydroxylation is 2. The van der Waals surface area contributed by atoms with Crippen LogP contribution in [0.2, 0.25) is 0 Å². The SMILES string of the molecule is CCOc1ccc([C@@H]2c3c(oc4cc(C)c(C)cc4c3=O)C(=O)N2CCCN(C)C)cc1OC. The molecular formula is C27H32N2O5. The summed E-state index contributed by atoms with van der Waals surface area (Å²) in [4.78, 5) is 31.1. The zero-order valence-corrected chi connectivity index (χ0v) is 20.7. The molecule has 7 nitrogen and oxygen atoms in total. The second-order valence-corrected chi connectivity index (χ2v) is 9.01. The number of rotatable bonds is 8. The molecule has 180 valence electrons.